The normalized spacial score (nSPS) is 13.9. The van der Waals surface area contributed by atoms with E-state index in [-0.39, 0.29) is 17.3 Å². The van der Waals surface area contributed by atoms with Gasteiger partial charge in [-0.15, -0.1) is 0 Å². The second-order valence-electron chi connectivity index (χ2n) is 9.84. The highest BCUT2D eigenvalue weighted by Gasteiger charge is 2.28. The minimum Gasteiger partial charge on any atom is -0.508 e. The Morgan fingerprint density at radius 2 is 1.53 bits per heavy atom. The van der Waals surface area contributed by atoms with E-state index in [4.69, 9.17) is 9.26 Å². The zero-order valence-electron chi connectivity index (χ0n) is 21.7. The van der Waals surface area contributed by atoms with Crippen molar-refractivity contribution in [3.8, 4) is 39.8 Å². The average Bonchev–Trinajstić information content (AvgIpc) is 3.34. The molecule has 196 valence electrons. The fourth-order valence-corrected chi connectivity index (χ4v) is 5.01. The quantitative estimate of drug-likeness (QED) is 0.274. The van der Waals surface area contributed by atoms with Gasteiger partial charge in [0.1, 0.15) is 29.5 Å². The summed E-state index contributed by atoms with van der Waals surface area (Å²) in [6, 6.07) is 16.9. The van der Waals surface area contributed by atoms with Crippen LogP contribution in [0.25, 0.3) is 22.6 Å². The summed E-state index contributed by atoms with van der Waals surface area (Å²) >= 11 is 0. The SMILES string of the molecule is Cc1cc(O)ccc1-c1noc(-c2ccc(O)cc2C)c1C(=O)c1ccc(OCCN2CCCCC2)cc1. The molecule has 7 nitrogen and oxygen atoms in total. The molecule has 0 saturated carbocycles. The topological polar surface area (TPSA) is 96.0 Å². The number of rotatable bonds is 8. The zero-order chi connectivity index (χ0) is 26.6. The predicted octanol–water partition coefficient (Wildman–Crippen LogP) is 6.13. The van der Waals surface area contributed by atoms with Gasteiger partial charge in [-0.2, -0.15) is 0 Å². The molecule has 0 spiro atoms. The maximum atomic E-state index is 13.9. The Kier molecular flexibility index (Phi) is 7.47. The second kappa shape index (κ2) is 11.1. The molecule has 0 bridgehead atoms. The van der Waals surface area contributed by atoms with Crippen molar-refractivity contribution in [2.45, 2.75) is 33.1 Å². The van der Waals surface area contributed by atoms with E-state index in [0.717, 1.165) is 30.8 Å². The number of aromatic nitrogens is 1. The largest absolute Gasteiger partial charge is 0.508 e. The minimum absolute atomic E-state index is 0.129. The van der Waals surface area contributed by atoms with Crippen molar-refractivity contribution in [2.24, 2.45) is 0 Å². The van der Waals surface area contributed by atoms with Crippen molar-refractivity contribution in [1.82, 2.24) is 10.1 Å². The first-order valence-electron chi connectivity index (χ1n) is 13.0. The number of aromatic hydroxyl groups is 2. The van der Waals surface area contributed by atoms with Crippen LogP contribution in [0.4, 0.5) is 0 Å². The van der Waals surface area contributed by atoms with Crippen molar-refractivity contribution >= 4 is 5.78 Å². The molecule has 0 aliphatic carbocycles. The van der Waals surface area contributed by atoms with E-state index in [9.17, 15) is 15.0 Å². The fraction of sp³-hybridized carbons (Fsp3) is 0.290. The van der Waals surface area contributed by atoms with E-state index < -0.39 is 0 Å². The number of phenols is 2. The Morgan fingerprint density at radius 1 is 0.895 bits per heavy atom. The maximum absolute atomic E-state index is 13.9. The number of aryl methyl sites for hydroxylation is 2. The molecule has 5 rings (SSSR count). The molecule has 38 heavy (non-hydrogen) atoms. The molecule has 0 amide bonds. The van der Waals surface area contributed by atoms with E-state index in [0.29, 0.717) is 46.1 Å². The Hall–Kier alpha value is -4.10. The van der Waals surface area contributed by atoms with E-state index >= 15 is 0 Å². The highest BCUT2D eigenvalue weighted by molar-refractivity contribution is 6.15. The molecule has 2 heterocycles. The number of carbonyl (C=O) groups is 1. The lowest BCUT2D eigenvalue weighted by atomic mass is 9.92. The van der Waals surface area contributed by atoms with Gasteiger partial charge in [-0.25, -0.2) is 0 Å². The summed E-state index contributed by atoms with van der Waals surface area (Å²) in [7, 11) is 0. The van der Waals surface area contributed by atoms with Crippen LogP contribution in [-0.2, 0) is 0 Å². The summed E-state index contributed by atoms with van der Waals surface area (Å²) in [6.45, 7) is 7.44. The van der Waals surface area contributed by atoms with Gasteiger partial charge in [-0.05, 0) is 112 Å². The molecule has 1 aromatic heterocycles. The molecule has 1 fully saturated rings. The number of hydrogen-bond acceptors (Lipinski definition) is 7. The standard InChI is InChI=1S/C31H32N2O5/c1-20-18-23(34)8-12-26(20)29-28(31(38-32-29)27-13-9-24(35)19-21(27)2)30(36)22-6-10-25(11-7-22)37-17-16-33-14-4-3-5-15-33/h6-13,18-19,34-35H,3-5,14-17H2,1-2H3. The van der Waals surface area contributed by atoms with Gasteiger partial charge in [0, 0.05) is 23.2 Å². The van der Waals surface area contributed by atoms with Crippen LogP contribution in [0.5, 0.6) is 17.2 Å². The van der Waals surface area contributed by atoms with Gasteiger partial charge in [0.2, 0.25) is 0 Å². The van der Waals surface area contributed by atoms with Gasteiger partial charge in [-0.3, -0.25) is 9.69 Å². The third kappa shape index (κ3) is 5.43. The van der Waals surface area contributed by atoms with Gasteiger partial charge >= 0.3 is 0 Å². The molecule has 0 radical (unpaired) electrons. The van der Waals surface area contributed by atoms with Gasteiger partial charge in [0.15, 0.2) is 11.5 Å². The summed E-state index contributed by atoms with van der Waals surface area (Å²) in [4.78, 5) is 16.4. The number of ketones is 1. The molecular formula is C31H32N2O5. The number of likely N-dealkylation sites (tertiary alicyclic amines) is 1. The van der Waals surface area contributed by atoms with E-state index in [1.54, 1.807) is 48.5 Å². The van der Waals surface area contributed by atoms with E-state index in [1.165, 1.54) is 19.3 Å². The number of hydrogen-bond donors (Lipinski definition) is 2. The lowest BCUT2D eigenvalue weighted by molar-refractivity contribution is 0.103. The number of benzene rings is 3. The summed E-state index contributed by atoms with van der Waals surface area (Å²) in [5, 5.41) is 24.1. The smallest absolute Gasteiger partial charge is 0.199 e. The Labute approximate surface area is 222 Å². The number of carbonyl (C=O) groups excluding carboxylic acids is 1. The fourth-order valence-electron chi connectivity index (χ4n) is 5.01. The minimum atomic E-state index is -0.240. The third-order valence-electron chi connectivity index (χ3n) is 7.08. The van der Waals surface area contributed by atoms with Gasteiger partial charge in [0.05, 0.1) is 5.56 Å². The molecule has 2 N–H and O–H groups in total. The van der Waals surface area contributed by atoms with Crippen molar-refractivity contribution in [3.63, 3.8) is 0 Å². The number of nitrogens with zero attached hydrogens (tertiary/aromatic N) is 2. The maximum Gasteiger partial charge on any atom is 0.199 e. The molecule has 7 heteroatoms. The molecule has 0 unspecified atom stereocenters. The van der Waals surface area contributed by atoms with Crippen LogP contribution in [0.1, 0.15) is 46.3 Å². The Bertz CT molecular complexity index is 1370. The number of ether oxygens (including phenoxy) is 1. The molecule has 0 atom stereocenters. The second-order valence-corrected chi connectivity index (χ2v) is 9.84. The molecule has 1 aliphatic rings. The number of piperidine rings is 1. The predicted molar refractivity (Wildman–Crippen MR) is 146 cm³/mol. The van der Waals surface area contributed by atoms with E-state index in [1.807, 2.05) is 26.0 Å². The Morgan fingerprint density at radius 3 is 2.16 bits per heavy atom. The van der Waals surface area contributed by atoms with Crippen LogP contribution < -0.4 is 4.74 Å². The molecule has 4 aromatic rings. The highest BCUT2D eigenvalue weighted by atomic mass is 16.5. The number of phenolic OH excluding ortho intramolecular Hbond substituents is 2. The molecule has 3 aromatic carbocycles. The van der Waals surface area contributed by atoms with Crippen LogP contribution in [0.15, 0.2) is 65.2 Å². The van der Waals surface area contributed by atoms with Crippen LogP contribution in [0.3, 0.4) is 0 Å². The summed E-state index contributed by atoms with van der Waals surface area (Å²) in [6.07, 6.45) is 3.80. The Balaban J connectivity index is 1.45. The first kappa shape index (κ1) is 25.5. The summed E-state index contributed by atoms with van der Waals surface area (Å²) in [5.41, 5.74) is 4.07. The zero-order valence-corrected chi connectivity index (χ0v) is 21.7. The van der Waals surface area contributed by atoms with Gasteiger partial charge in [-0.1, -0.05) is 11.6 Å². The first-order valence-corrected chi connectivity index (χ1v) is 13.0. The monoisotopic (exact) mass is 512 g/mol. The third-order valence-corrected chi connectivity index (χ3v) is 7.08. The van der Waals surface area contributed by atoms with Crippen LogP contribution in [0, 0.1) is 13.8 Å². The van der Waals surface area contributed by atoms with Crippen LogP contribution >= 0.6 is 0 Å². The van der Waals surface area contributed by atoms with Crippen molar-refractivity contribution in [1.29, 1.82) is 0 Å². The van der Waals surface area contributed by atoms with Crippen molar-refractivity contribution in [3.05, 3.63) is 82.9 Å². The van der Waals surface area contributed by atoms with Gasteiger partial charge < -0.3 is 19.5 Å². The molecule has 1 saturated heterocycles. The molecular weight excluding hydrogens is 480 g/mol. The summed E-state index contributed by atoms with van der Waals surface area (Å²) in [5.74, 6) is 1.07. The van der Waals surface area contributed by atoms with Crippen molar-refractivity contribution < 1.29 is 24.3 Å². The summed E-state index contributed by atoms with van der Waals surface area (Å²) < 4.78 is 11.7. The van der Waals surface area contributed by atoms with E-state index in [2.05, 4.69) is 10.1 Å². The van der Waals surface area contributed by atoms with Gasteiger partial charge in [0.25, 0.3) is 0 Å². The lowest BCUT2D eigenvalue weighted by Crippen LogP contribution is -2.33. The highest BCUT2D eigenvalue weighted by Crippen LogP contribution is 2.38. The molecule has 1 aliphatic heterocycles. The lowest BCUT2D eigenvalue weighted by Gasteiger charge is -2.26. The van der Waals surface area contributed by atoms with Crippen molar-refractivity contribution in [2.75, 3.05) is 26.2 Å². The first-order chi connectivity index (χ1) is 18.4. The average molecular weight is 513 g/mol. The van der Waals surface area contributed by atoms with Crippen LogP contribution in [-0.4, -0.2) is 52.3 Å². The van der Waals surface area contributed by atoms with Crippen LogP contribution in [0.2, 0.25) is 0 Å².